The van der Waals surface area contributed by atoms with E-state index in [0.717, 1.165) is 12.8 Å². The minimum Gasteiger partial charge on any atom is -0.352 e. The van der Waals surface area contributed by atoms with E-state index in [2.05, 4.69) is 44.4 Å². The van der Waals surface area contributed by atoms with E-state index in [9.17, 15) is 4.79 Å². The zero-order valence-corrected chi connectivity index (χ0v) is 13.0. The molecule has 4 heteroatoms. The SMILES string of the molecule is CC(C)C(C#N)C(=O)NC1CC(C)(C)NC(C)(C)C1. The Morgan fingerprint density at radius 1 is 1.26 bits per heavy atom. The van der Waals surface area contributed by atoms with Crippen molar-refractivity contribution in [1.29, 1.82) is 5.26 Å². The molecule has 0 aromatic carbocycles. The predicted molar refractivity (Wildman–Crippen MR) is 76.4 cm³/mol. The first kappa shape index (κ1) is 16.0. The first-order chi connectivity index (χ1) is 8.56. The van der Waals surface area contributed by atoms with Gasteiger partial charge in [0, 0.05) is 17.1 Å². The van der Waals surface area contributed by atoms with Crippen LogP contribution in [0.2, 0.25) is 0 Å². The molecule has 19 heavy (non-hydrogen) atoms. The molecule has 0 spiro atoms. The molecule has 1 rings (SSSR count). The number of hydrogen-bond donors (Lipinski definition) is 2. The van der Waals surface area contributed by atoms with E-state index >= 15 is 0 Å². The molecule has 0 aliphatic carbocycles. The van der Waals surface area contributed by atoms with Gasteiger partial charge in [-0.2, -0.15) is 5.26 Å². The Bertz CT molecular complexity index is 363. The lowest BCUT2D eigenvalue weighted by Crippen LogP contribution is -2.62. The van der Waals surface area contributed by atoms with E-state index in [-0.39, 0.29) is 28.9 Å². The summed E-state index contributed by atoms with van der Waals surface area (Å²) in [6, 6.07) is 2.24. The first-order valence-corrected chi connectivity index (χ1v) is 7.06. The maximum Gasteiger partial charge on any atom is 0.237 e. The van der Waals surface area contributed by atoms with Crippen LogP contribution >= 0.6 is 0 Å². The highest BCUT2D eigenvalue weighted by atomic mass is 16.1. The fourth-order valence-electron chi connectivity index (χ4n) is 3.23. The molecular formula is C15H27N3O. The van der Waals surface area contributed by atoms with Crippen LogP contribution in [0.4, 0.5) is 0 Å². The van der Waals surface area contributed by atoms with Gasteiger partial charge in [-0.15, -0.1) is 0 Å². The number of carbonyl (C=O) groups excluding carboxylic acids is 1. The Morgan fingerprint density at radius 3 is 2.11 bits per heavy atom. The van der Waals surface area contributed by atoms with E-state index in [0.29, 0.717) is 0 Å². The van der Waals surface area contributed by atoms with Crippen molar-refractivity contribution in [2.45, 2.75) is 71.5 Å². The molecule has 1 unspecified atom stereocenters. The first-order valence-electron chi connectivity index (χ1n) is 7.06. The zero-order chi connectivity index (χ0) is 14.8. The zero-order valence-electron chi connectivity index (χ0n) is 13.0. The highest BCUT2D eigenvalue weighted by molar-refractivity contribution is 5.81. The van der Waals surface area contributed by atoms with Gasteiger partial charge in [-0.3, -0.25) is 4.79 Å². The van der Waals surface area contributed by atoms with E-state index in [4.69, 9.17) is 5.26 Å². The topological polar surface area (TPSA) is 64.9 Å². The number of carbonyl (C=O) groups is 1. The summed E-state index contributed by atoms with van der Waals surface area (Å²) < 4.78 is 0. The highest BCUT2D eigenvalue weighted by Gasteiger charge is 2.38. The van der Waals surface area contributed by atoms with Gasteiger partial charge in [-0.25, -0.2) is 0 Å². The summed E-state index contributed by atoms with van der Waals surface area (Å²) >= 11 is 0. The third-order valence-electron chi connectivity index (χ3n) is 3.62. The van der Waals surface area contributed by atoms with Crippen molar-refractivity contribution in [3.63, 3.8) is 0 Å². The largest absolute Gasteiger partial charge is 0.352 e. The van der Waals surface area contributed by atoms with Crippen molar-refractivity contribution in [2.75, 3.05) is 0 Å². The average molecular weight is 265 g/mol. The summed E-state index contributed by atoms with van der Waals surface area (Å²) in [6.07, 6.45) is 1.77. The molecule has 1 atom stereocenters. The molecule has 1 aliphatic heterocycles. The molecule has 0 saturated carbocycles. The Labute approximate surface area is 116 Å². The smallest absolute Gasteiger partial charge is 0.237 e. The van der Waals surface area contributed by atoms with Crippen molar-refractivity contribution in [3.05, 3.63) is 0 Å². The molecule has 2 N–H and O–H groups in total. The van der Waals surface area contributed by atoms with Gasteiger partial charge in [0.25, 0.3) is 0 Å². The van der Waals surface area contributed by atoms with E-state index < -0.39 is 5.92 Å². The quantitative estimate of drug-likeness (QED) is 0.822. The summed E-state index contributed by atoms with van der Waals surface area (Å²) in [7, 11) is 0. The molecule has 1 saturated heterocycles. The third kappa shape index (κ3) is 4.50. The van der Waals surface area contributed by atoms with Crippen LogP contribution in [0.15, 0.2) is 0 Å². The monoisotopic (exact) mass is 265 g/mol. The number of nitrogens with one attached hydrogen (secondary N) is 2. The lowest BCUT2D eigenvalue weighted by molar-refractivity contribution is -0.125. The van der Waals surface area contributed by atoms with E-state index in [1.165, 1.54) is 0 Å². The van der Waals surface area contributed by atoms with Crippen LogP contribution < -0.4 is 10.6 Å². The molecule has 1 aliphatic rings. The molecule has 0 aromatic rings. The number of nitriles is 1. The van der Waals surface area contributed by atoms with Gasteiger partial charge in [0.2, 0.25) is 5.91 Å². The second-order valence-electron chi connectivity index (χ2n) is 7.36. The van der Waals surface area contributed by atoms with Gasteiger partial charge >= 0.3 is 0 Å². The highest BCUT2D eigenvalue weighted by Crippen LogP contribution is 2.28. The Balaban J connectivity index is 2.72. The van der Waals surface area contributed by atoms with Gasteiger partial charge in [-0.05, 0) is 46.5 Å². The predicted octanol–water partition coefficient (Wildman–Crippen LogP) is 2.21. The fourth-order valence-corrected chi connectivity index (χ4v) is 3.23. The Hall–Kier alpha value is -1.08. The van der Waals surface area contributed by atoms with Gasteiger partial charge in [-0.1, -0.05) is 13.8 Å². The van der Waals surface area contributed by atoms with Crippen LogP contribution in [0.25, 0.3) is 0 Å². The summed E-state index contributed by atoms with van der Waals surface area (Å²) in [5, 5.41) is 15.7. The van der Waals surface area contributed by atoms with Crippen molar-refractivity contribution >= 4 is 5.91 Å². The second kappa shape index (κ2) is 5.50. The normalized spacial score (nSPS) is 23.7. The number of amides is 1. The van der Waals surface area contributed by atoms with Crippen LogP contribution in [0.1, 0.15) is 54.4 Å². The van der Waals surface area contributed by atoms with Crippen LogP contribution in [0.5, 0.6) is 0 Å². The average Bonchev–Trinajstić information content (AvgIpc) is 2.11. The summed E-state index contributed by atoms with van der Waals surface area (Å²) in [5.41, 5.74) is -0.000660. The number of rotatable bonds is 3. The summed E-state index contributed by atoms with van der Waals surface area (Å²) in [4.78, 5) is 12.2. The lowest BCUT2D eigenvalue weighted by Gasteiger charge is -2.46. The van der Waals surface area contributed by atoms with Crippen LogP contribution in [0.3, 0.4) is 0 Å². The molecule has 0 bridgehead atoms. The molecule has 1 heterocycles. The molecule has 1 fully saturated rings. The minimum absolute atomic E-state index is 0.000330. The molecule has 0 aromatic heterocycles. The second-order valence-corrected chi connectivity index (χ2v) is 7.36. The van der Waals surface area contributed by atoms with Crippen molar-refractivity contribution < 1.29 is 4.79 Å². The van der Waals surface area contributed by atoms with Gasteiger partial charge in [0.1, 0.15) is 5.92 Å². The number of nitrogens with zero attached hydrogens (tertiary/aromatic N) is 1. The van der Waals surface area contributed by atoms with Gasteiger partial charge in [0.15, 0.2) is 0 Å². The lowest BCUT2D eigenvalue weighted by atomic mass is 9.79. The van der Waals surface area contributed by atoms with Gasteiger partial charge in [0.05, 0.1) is 6.07 Å². The molecular weight excluding hydrogens is 238 g/mol. The van der Waals surface area contributed by atoms with Gasteiger partial charge < -0.3 is 10.6 Å². The van der Waals surface area contributed by atoms with Crippen molar-refractivity contribution in [2.24, 2.45) is 11.8 Å². The van der Waals surface area contributed by atoms with Crippen molar-refractivity contribution in [1.82, 2.24) is 10.6 Å². The van der Waals surface area contributed by atoms with Crippen molar-refractivity contribution in [3.8, 4) is 6.07 Å². The molecule has 108 valence electrons. The van der Waals surface area contributed by atoms with Crippen LogP contribution in [-0.2, 0) is 4.79 Å². The Morgan fingerprint density at radius 2 is 1.74 bits per heavy atom. The van der Waals surface area contributed by atoms with E-state index in [1.807, 2.05) is 13.8 Å². The maximum absolute atomic E-state index is 12.2. The van der Waals surface area contributed by atoms with Crippen LogP contribution in [-0.4, -0.2) is 23.0 Å². The Kier molecular flexibility index (Phi) is 4.63. The third-order valence-corrected chi connectivity index (χ3v) is 3.62. The fraction of sp³-hybridized carbons (Fsp3) is 0.867. The molecule has 0 radical (unpaired) electrons. The van der Waals surface area contributed by atoms with Crippen LogP contribution in [0, 0.1) is 23.2 Å². The summed E-state index contributed by atoms with van der Waals surface area (Å²) in [5.74, 6) is -0.634. The number of hydrogen-bond acceptors (Lipinski definition) is 3. The number of piperidine rings is 1. The standard InChI is InChI=1S/C15H27N3O/c1-10(2)12(9-16)13(19)17-11-7-14(3,4)18-15(5,6)8-11/h10-12,18H,7-8H2,1-6H3,(H,17,19). The minimum atomic E-state index is -0.555. The maximum atomic E-state index is 12.2. The molecule has 1 amide bonds. The van der Waals surface area contributed by atoms with E-state index in [1.54, 1.807) is 0 Å². The summed E-state index contributed by atoms with van der Waals surface area (Å²) in [6.45, 7) is 12.4. The molecule has 4 nitrogen and oxygen atoms in total.